The van der Waals surface area contributed by atoms with Crippen molar-refractivity contribution in [1.29, 1.82) is 0 Å². The van der Waals surface area contributed by atoms with Gasteiger partial charge in [0.25, 0.3) is 0 Å². The fourth-order valence-electron chi connectivity index (χ4n) is 3.27. The molecule has 0 bridgehead atoms. The molecule has 1 aromatic heterocycles. The lowest BCUT2D eigenvalue weighted by Crippen LogP contribution is -2.28. The minimum absolute atomic E-state index is 0.112. The highest BCUT2D eigenvalue weighted by Crippen LogP contribution is 2.44. The maximum absolute atomic E-state index is 12.6. The van der Waals surface area contributed by atoms with Gasteiger partial charge >= 0.3 is 5.97 Å². The van der Waals surface area contributed by atoms with Crippen molar-refractivity contribution in [2.75, 3.05) is 18.2 Å². The van der Waals surface area contributed by atoms with Gasteiger partial charge in [-0.25, -0.2) is 4.79 Å². The van der Waals surface area contributed by atoms with E-state index in [1.807, 2.05) is 6.07 Å². The smallest absolute Gasteiger partial charge is 0.342 e. The van der Waals surface area contributed by atoms with Crippen molar-refractivity contribution in [3.63, 3.8) is 0 Å². The molecule has 0 aliphatic rings. The molecule has 0 saturated carbocycles. The number of nitrogens with two attached hydrogens (primary N) is 1. The lowest BCUT2D eigenvalue weighted by molar-refractivity contribution is -0.123. The predicted octanol–water partition coefficient (Wildman–Crippen LogP) is 5.39. The molecule has 1 heterocycles. The first-order valence-electron chi connectivity index (χ1n) is 10.7. The van der Waals surface area contributed by atoms with E-state index in [4.69, 9.17) is 19.3 Å². The zero-order chi connectivity index (χ0) is 24.4. The third-order valence-corrected chi connectivity index (χ3v) is 5.80. The van der Waals surface area contributed by atoms with E-state index in [1.54, 1.807) is 39.2 Å². The first kappa shape index (κ1) is 25.7. The average molecular weight is 461 g/mol. The van der Waals surface area contributed by atoms with Gasteiger partial charge in [-0.3, -0.25) is 4.79 Å². The summed E-state index contributed by atoms with van der Waals surface area (Å²) in [6, 6.07) is 5.27. The number of ether oxygens (including phenoxy) is 1. The van der Waals surface area contributed by atoms with Crippen LogP contribution in [0.2, 0.25) is 13.1 Å². The monoisotopic (exact) mass is 460 g/mol. The summed E-state index contributed by atoms with van der Waals surface area (Å²) in [6.45, 7) is 15.9. The Hall–Kier alpha value is -2.58. The van der Waals surface area contributed by atoms with Crippen LogP contribution in [0.25, 0.3) is 11.1 Å². The van der Waals surface area contributed by atoms with E-state index in [-0.39, 0.29) is 28.7 Å². The van der Waals surface area contributed by atoms with Gasteiger partial charge in [0, 0.05) is 16.5 Å². The zero-order valence-corrected chi connectivity index (χ0v) is 21.7. The fraction of sp³-hybridized carbons (Fsp3) is 0.500. The third kappa shape index (κ3) is 5.61. The molecule has 176 valence electrons. The number of nitrogens with one attached hydrogen (secondary N) is 1. The summed E-state index contributed by atoms with van der Waals surface area (Å²) in [5.41, 5.74) is 7.62. The first-order chi connectivity index (χ1) is 14.7. The number of methoxy groups -OCH3 is 1. The molecule has 0 spiro atoms. The van der Waals surface area contributed by atoms with Crippen LogP contribution in [-0.4, -0.2) is 28.0 Å². The van der Waals surface area contributed by atoms with Crippen LogP contribution in [0.5, 0.6) is 0 Å². The maximum atomic E-state index is 12.6. The Labute approximate surface area is 192 Å². The van der Waals surface area contributed by atoms with Gasteiger partial charge in [-0.05, 0) is 30.6 Å². The molecule has 1 amide bonds. The van der Waals surface area contributed by atoms with Crippen LogP contribution in [0.1, 0.15) is 63.8 Å². The normalized spacial score (nSPS) is 13.2. The number of nitrogen functional groups attached to an aromatic ring is 1. The second-order valence-corrected chi connectivity index (χ2v) is 12.6. The highest BCUT2D eigenvalue weighted by Gasteiger charge is 2.34. The average Bonchev–Trinajstić information content (AvgIpc) is 3.13. The van der Waals surface area contributed by atoms with Gasteiger partial charge in [0.05, 0.1) is 24.7 Å². The number of carbonyl (C=O) groups excluding carboxylic acids is 2. The molecule has 0 radical (unpaired) electrons. The molecule has 32 heavy (non-hydrogen) atoms. The van der Waals surface area contributed by atoms with E-state index in [1.165, 1.54) is 7.11 Å². The minimum Gasteiger partial charge on any atom is -0.466 e. The lowest BCUT2D eigenvalue weighted by atomic mass is 9.85. The van der Waals surface area contributed by atoms with Crippen LogP contribution in [0, 0.1) is 10.8 Å². The molecule has 1 atom stereocenters. The number of amides is 1. The van der Waals surface area contributed by atoms with Crippen molar-refractivity contribution >= 4 is 32.3 Å². The number of carbonyl (C=O) groups is 2. The number of hydrogen-bond donors (Lipinski definition) is 2. The van der Waals surface area contributed by atoms with Gasteiger partial charge in [0.2, 0.25) is 5.91 Å². The molecule has 7 nitrogen and oxygen atoms in total. The molecule has 0 fully saturated rings. The topological polar surface area (TPSA) is 104 Å². The van der Waals surface area contributed by atoms with Crippen molar-refractivity contribution in [2.24, 2.45) is 10.8 Å². The Morgan fingerprint density at radius 2 is 1.69 bits per heavy atom. The Bertz CT molecular complexity index is 983. The second kappa shape index (κ2) is 9.50. The highest BCUT2D eigenvalue weighted by molar-refractivity contribution is 6.48. The maximum Gasteiger partial charge on any atom is 0.342 e. The van der Waals surface area contributed by atoms with Crippen LogP contribution in [0.15, 0.2) is 28.9 Å². The van der Waals surface area contributed by atoms with E-state index in [2.05, 4.69) is 39.2 Å². The molecule has 3 N–H and O–H groups in total. The summed E-state index contributed by atoms with van der Waals surface area (Å²) in [7, 11) is -0.103. The number of rotatable bonds is 6. The van der Waals surface area contributed by atoms with E-state index in [0.717, 1.165) is 5.56 Å². The quantitative estimate of drug-likeness (QED) is 0.340. The third-order valence-electron chi connectivity index (χ3n) is 4.98. The van der Waals surface area contributed by atoms with Crippen LogP contribution >= 0.6 is 0 Å². The Morgan fingerprint density at radius 3 is 2.19 bits per heavy atom. The van der Waals surface area contributed by atoms with Crippen molar-refractivity contribution in [2.45, 2.75) is 60.7 Å². The Morgan fingerprint density at radius 1 is 1.06 bits per heavy atom. The summed E-state index contributed by atoms with van der Waals surface area (Å²) in [4.78, 5) is 25.2. The van der Waals surface area contributed by atoms with Crippen LogP contribution in [0.4, 0.5) is 11.4 Å². The largest absolute Gasteiger partial charge is 0.466 e. The standard InChI is InChI=1S/C24H36N2O5Si/c1-23(2,3)20(31-32(8)9)19-15(12-13-30-19)14-10-11-16(26-22(28)24(4,5)6)17(18(14)25)21(27)29-7/h10-13,20,32H,25H2,1-9H3,(H,26,28). The molecule has 1 unspecified atom stereocenters. The number of hydrogen-bond acceptors (Lipinski definition) is 6. The molecular formula is C24H36N2O5Si. The van der Waals surface area contributed by atoms with Crippen molar-refractivity contribution < 1.29 is 23.2 Å². The van der Waals surface area contributed by atoms with Crippen LogP contribution in [0.3, 0.4) is 0 Å². The number of furan rings is 1. The van der Waals surface area contributed by atoms with Gasteiger partial charge in [-0.1, -0.05) is 47.6 Å². The van der Waals surface area contributed by atoms with Crippen LogP contribution in [-0.2, 0) is 14.0 Å². The first-order valence-corrected chi connectivity index (χ1v) is 13.5. The molecule has 2 aromatic rings. The second-order valence-electron chi connectivity index (χ2n) is 10.3. The number of esters is 1. The molecular weight excluding hydrogens is 424 g/mol. The highest BCUT2D eigenvalue weighted by atomic mass is 28.3. The Kier molecular flexibility index (Phi) is 7.62. The van der Waals surface area contributed by atoms with Gasteiger partial charge in [-0.15, -0.1) is 0 Å². The van der Waals surface area contributed by atoms with Crippen molar-refractivity contribution in [3.8, 4) is 11.1 Å². The van der Waals surface area contributed by atoms with Crippen molar-refractivity contribution in [1.82, 2.24) is 0 Å². The zero-order valence-electron chi connectivity index (χ0n) is 20.6. The van der Waals surface area contributed by atoms with Gasteiger partial charge < -0.3 is 24.6 Å². The SMILES string of the molecule is COC(=O)c1c(NC(=O)C(C)(C)C)ccc(-c2ccoc2C(O[SiH](C)C)C(C)(C)C)c1N. The summed E-state index contributed by atoms with van der Waals surface area (Å²) in [5.74, 6) is -0.202. The van der Waals surface area contributed by atoms with Gasteiger partial charge in [0.15, 0.2) is 9.04 Å². The van der Waals surface area contributed by atoms with E-state index < -0.39 is 20.4 Å². The molecule has 0 saturated heterocycles. The predicted molar refractivity (Wildman–Crippen MR) is 130 cm³/mol. The lowest BCUT2D eigenvalue weighted by Gasteiger charge is -2.32. The van der Waals surface area contributed by atoms with E-state index >= 15 is 0 Å². The van der Waals surface area contributed by atoms with E-state index in [0.29, 0.717) is 17.0 Å². The Balaban J connectivity index is 2.65. The molecule has 0 aliphatic heterocycles. The number of anilines is 2. The van der Waals surface area contributed by atoms with E-state index in [9.17, 15) is 9.59 Å². The summed E-state index contributed by atoms with van der Waals surface area (Å²) >= 11 is 0. The molecule has 8 heteroatoms. The summed E-state index contributed by atoms with van der Waals surface area (Å²) in [5, 5.41) is 2.80. The summed E-state index contributed by atoms with van der Waals surface area (Å²) in [6.07, 6.45) is 1.32. The van der Waals surface area contributed by atoms with Gasteiger partial charge in [0.1, 0.15) is 17.4 Å². The minimum atomic E-state index is -1.39. The fourth-order valence-corrected chi connectivity index (χ4v) is 4.34. The molecule has 2 rings (SSSR count). The molecule has 1 aromatic carbocycles. The van der Waals surface area contributed by atoms with Crippen molar-refractivity contribution in [3.05, 3.63) is 35.8 Å². The van der Waals surface area contributed by atoms with Gasteiger partial charge in [-0.2, -0.15) is 0 Å². The number of benzene rings is 1. The molecule has 0 aliphatic carbocycles. The van der Waals surface area contributed by atoms with Crippen LogP contribution < -0.4 is 11.1 Å². The summed E-state index contributed by atoms with van der Waals surface area (Å²) < 4.78 is 17.2.